The van der Waals surface area contributed by atoms with Gasteiger partial charge in [-0.25, -0.2) is 8.42 Å². The monoisotopic (exact) mass is 513 g/mol. The summed E-state index contributed by atoms with van der Waals surface area (Å²) < 4.78 is 26.0. The lowest BCUT2D eigenvalue weighted by molar-refractivity contribution is -0.139. The van der Waals surface area contributed by atoms with Gasteiger partial charge in [-0.15, -0.1) is 0 Å². The maximum absolute atomic E-state index is 13.5. The van der Waals surface area contributed by atoms with Crippen molar-refractivity contribution < 1.29 is 18.0 Å². The largest absolute Gasteiger partial charge is 0.352 e. The number of carbonyl (C=O) groups is 2. The lowest BCUT2D eigenvalue weighted by Gasteiger charge is -2.32. The first-order chi connectivity index (χ1) is 15.5. The van der Waals surface area contributed by atoms with Crippen LogP contribution < -0.4 is 9.62 Å². The van der Waals surface area contributed by atoms with Crippen molar-refractivity contribution in [1.29, 1.82) is 0 Å². The molecule has 0 heterocycles. The second-order valence-electron chi connectivity index (χ2n) is 7.82. The van der Waals surface area contributed by atoms with Gasteiger partial charge in [-0.3, -0.25) is 13.9 Å². The molecule has 2 aromatic carbocycles. The van der Waals surface area contributed by atoms with Crippen molar-refractivity contribution >= 4 is 50.7 Å². The highest BCUT2D eigenvalue weighted by Crippen LogP contribution is 2.27. The van der Waals surface area contributed by atoms with Crippen molar-refractivity contribution in [2.75, 3.05) is 17.1 Å². The van der Waals surface area contributed by atoms with E-state index in [1.165, 1.54) is 4.90 Å². The summed E-state index contributed by atoms with van der Waals surface area (Å²) in [7, 11) is -3.77. The standard InChI is InChI=1S/C23H29Cl2N3O4S/c1-5-16(2)26-23(30)17(3)27(14-19-20(24)12-9-13-21(19)25)22(29)15-28(33(4,31)32)18-10-7-6-8-11-18/h6-13,16-17H,5,14-15H2,1-4H3,(H,26,30)/t16-,17+/m1/s1. The SMILES string of the molecule is CC[C@@H](C)NC(=O)[C@H](C)N(Cc1c(Cl)cccc1Cl)C(=O)CN(c1ccccc1)S(C)(=O)=O. The molecule has 0 radical (unpaired) electrons. The number of benzene rings is 2. The molecule has 0 aliphatic carbocycles. The van der Waals surface area contributed by atoms with Gasteiger partial charge in [-0.2, -0.15) is 0 Å². The highest BCUT2D eigenvalue weighted by molar-refractivity contribution is 7.92. The normalized spacial score (nSPS) is 13.2. The molecule has 0 aromatic heterocycles. The minimum atomic E-state index is -3.77. The summed E-state index contributed by atoms with van der Waals surface area (Å²) in [6.45, 7) is 4.85. The zero-order chi connectivity index (χ0) is 24.8. The zero-order valence-corrected chi connectivity index (χ0v) is 21.4. The first-order valence-corrected chi connectivity index (χ1v) is 13.1. The molecule has 2 atom stereocenters. The van der Waals surface area contributed by atoms with E-state index < -0.39 is 28.5 Å². The second kappa shape index (κ2) is 11.7. The van der Waals surface area contributed by atoms with Crippen LogP contribution in [0.15, 0.2) is 48.5 Å². The van der Waals surface area contributed by atoms with Gasteiger partial charge in [0.1, 0.15) is 12.6 Å². The number of carbonyl (C=O) groups excluding carboxylic acids is 2. The highest BCUT2D eigenvalue weighted by atomic mass is 35.5. The number of hydrogen-bond donors (Lipinski definition) is 1. The number of rotatable bonds is 10. The van der Waals surface area contributed by atoms with Crippen molar-refractivity contribution in [2.45, 2.75) is 45.8 Å². The van der Waals surface area contributed by atoms with E-state index in [0.29, 0.717) is 21.3 Å². The van der Waals surface area contributed by atoms with Crippen LogP contribution in [0, 0.1) is 0 Å². The molecular formula is C23H29Cl2N3O4S. The summed E-state index contributed by atoms with van der Waals surface area (Å²) in [4.78, 5) is 27.6. The topological polar surface area (TPSA) is 86.8 Å². The lowest BCUT2D eigenvalue weighted by Crippen LogP contribution is -2.52. The Bertz CT molecular complexity index is 1060. The third-order valence-corrected chi connectivity index (χ3v) is 7.13. The van der Waals surface area contributed by atoms with E-state index in [-0.39, 0.29) is 18.5 Å². The van der Waals surface area contributed by atoms with E-state index in [9.17, 15) is 18.0 Å². The van der Waals surface area contributed by atoms with Crippen LogP contribution in [-0.2, 0) is 26.2 Å². The van der Waals surface area contributed by atoms with Crippen LogP contribution in [0.3, 0.4) is 0 Å². The molecule has 0 aliphatic rings. The average molecular weight is 514 g/mol. The molecular weight excluding hydrogens is 485 g/mol. The summed E-state index contributed by atoms with van der Waals surface area (Å²) in [6.07, 6.45) is 1.75. The summed E-state index contributed by atoms with van der Waals surface area (Å²) in [6, 6.07) is 12.3. The first-order valence-electron chi connectivity index (χ1n) is 10.5. The van der Waals surface area contributed by atoms with Gasteiger partial charge in [0.2, 0.25) is 21.8 Å². The average Bonchev–Trinajstić information content (AvgIpc) is 2.76. The fraction of sp³-hybridized carbons (Fsp3) is 0.391. The fourth-order valence-electron chi connectivity index (χ4n) is 3.11. The Morgan fingerprint density at radius 1 is 1.00 bits per heavy atom. The van der Waals surface area contributed by atoms with Crippen molar-refractivity contribution in [1.82, 2.24) is 10.2 Å². The Morgan fingerprint density at radius 2 is 1.58 bits per heavy atom. The van der Waals surface area contributed by atoms with E-state index >= 15 is 0 Å². The summed E-state index contributed by atoms with van der Waals surface area (Å²) in [5.74, 6) is -0.918. The smallest absolute Gasteiger partial charge is 0.244 e. The molecule has 180 valence electrons. The molecule has 0 saturated carbocycles. The van der Waals surface area contributed by atoms with E-state index in [1.54, 1.807) is 55.5 Å². The highest BCUT2D eigenvalue weighted by Gasteiger charge is 2.31. The number of anilines is 1. The van der Waals surface area contributed by atoms with E-state index in [0.717, 1.165) is 17.0 Å². The molecule has 1 N–H and O–H groups in total. The Hall–Kier alpha value is -2.29. The van der Waals surface area contributed by atoms with E-state index in [2.05, 4.69) is 5.32 Å². The van der Waals surface area contributed by atoms with Gasteiger partial charge in [0.25, 0.3) is 0 Å². The number of sulfonamides is 1. The van der Waals surface area contributed by atoms with Crippen LogP contribution in [0.25, 0.3) is 0 Å². The Kier molecular flexibility index (Phi) is 9.57. The van der Waals surface area contributed by atoms with Crippen molar-refractivity contribution in [3.63, 3.8) is 0 Å². The van der Waals surface area contributed by atoms with Crippen LogP contribution in [0.5, 0.6) is 0 Å². The Balaban J connectivity index is 2.42. The van der Waals surface area contributed by atoms with Crippen LogP contribution in [0.1, 0.15) is 32.8 Å². The van der Waals surface area contributed by atoms with E-state index in [1.807, 2.05) is 13.8 Å². The van der Waals surface area contributed by atoms with Gasteiger partial charge in [0.15, 0.2) is 0 Å². The molecule has 10 heteroatoms. The van der Waals surface area contributed by atoms with E-state index in [4.69, 9.17) is 23.2 Å². The summed E-state index contributed by atoms with van der Waals surface area (Å²) in [5.41, 5.74) is 0.823. The predicted molar refractivity (Wildman–Crippen MR) is 133 cm³/mol. The molecule has 2 rings (SSSR count). The lowest BCUT2D eigenvalue weighted by atomic mass is 10.1. The predicted octanol–water partition coefficient (Wildman–Crippen LogP) is 4.09. The quantitative estimate of drug-likeness (QED) is 0.518. The molecule has 7 nitrogen and oxygen atoms in total. The van der Waals surface area contributed by atoms with Crippen LogP contribution in [0.2, 0.25) is 10.0 Å². The Labute approximate surface area is 205 Å². The zero-order valence-electron chi connectivity index (χ0n) is 19.1. The number of hydrogen-bond acceptors (Lipinski definition) is 4. The van der Waals surface area contributed by atoms with Crippen LogP contribution in [0.4, 0.5) is 5.69 Å². The maximum Gasteiger partial charge on any atom is 0.244 e. The van der Waals surface area contributed by atoms with Gasteiger partial charge in [-0.1, -0.05) is 54.4 Å². The number of nitrogens with zero attached hydrogens (tertiary/aromatic N) is 2. The third-order valence-electron chi connectivity index (χ3n) is 5.28. The molecule has 0 aliphatic heterocycles. The Morgan fingerprint density at radius 3 is 2.09 bits per heavy atom. The molecule has 2 aromatic rings. The molecule has 0 bridgehead atoms. The van der Waals surface area contributed by atoms with Crippen molar-refractivity contribution in [3.05, 3.63) is 64.1 Å². The number of amides is 2. The van der Waals surface area contributed by atoms with Gasteiger partial charge < -0.3 is 10.2 Å². The third kappa shape index (κ3) is 7.35. The fourth-order valence-corrected chi connectivity index (χ4v) is 4.48. The number of para-hydroxylation sites is 1. The van der Waals surface area contributed by atoms with Gasteiger partial charge in [-0.05, 0) is 44.5 Å². The van der Waals surface area contributed by atoms with Crippen LogP contribution in [-0.4, -0.2) is 50.0 Å². The second-order valence-corrected chi connectivity index (χ2v) is 10.5. The molecule has 0 unspecified atom stereocenters. The summed E-state index contributed by atoms with van der Waals surface area (Å²) >= 11 is 12.6. The number of halogens is 2. The maximum atomic E-state index is 13.5. The minimum Gasteiger partial charge on any atom is -0.352 e. The molecule has 2 amide bonds. The summed E-state index contributed by atoms with van der Waals surface area (Å²) in [5, 5.41) is 3.55. The van der Waals surface area contributed by atoms with Crippen molar-refractivity contribution in [2.24, 2.45) is 0 Å². The number of nitrogens with one attached hydrogen (secondary N) is 1. The van der Waals surface area contributed by atoms with Crippen LogP contribution >= 0.6 is 23.2 Å². The van der Waals surface area contributed by atoms with Gasteiger partial charge >= 0.3 is 0 Å². The molecule has 0 fully saturated rings. The molecule has 0 spiro atoms. The molecule has 33 heavy (non-hydrogen) atoms. The van der Waals surface area contributed by atoms with Crippen molar-refractivity contribution in [3.8, 4) is 0 Å². The van der Waals surface area contributed by atoms with Gasteiger partial charge in [0, 0.05) is 28.2 Å². The minimum absolute atomic E-state index is 0.0567. The first kappa shape index (κ1) is 27.0. The molecule has 0 saturated heterocycles. The van der Waals surface area contributed by atoms with Gasteiger partial charge in [0.05, 0.1) is 11.9 Å².